The van der Waals surface area contributed by atoms with Crippen molar-refractivity contribution < 1.29 is 14.0 Å². The number of hydrogen-bond acceptors (Lipinski definition) is 2. The van der Waals surface area contributed by atoms with Gasteiger partial charge in [-0.15, -0.1) is 0 Å². The fourth-order valence-corrected chi connectivity index (χ4v) is 2.79. The van der Waals surface area contributed by atoms with Crippen molar-refractivity contribution in [3.8, 4) is 0 Å². The van der Waals surface area contributed by atoms with Gasteiger partial charge in [0.05, 0.1) is 0 Å². The molecule has 0 atom stereocenters. The Balaban J connectivity index is 1.88. The maximum atomic E-state index is 13.7. The van der Waals surface area contributed by atoms with E-state index in [0.717, 1.165) is 16.8 Å². The topological polar surface area (TPSA) is 49.4 Å². The first-order chi connectivity index (χ1) is 12.4. The van der Waals surface area contributed by atoms with Gasteiger partial charge < -0.3 is 10.2 Å². The van der Waals surface area contributed by atoms with Crippen molar-refractivity contribution in [2.45, 2.75) is 33.6 Å². The summed E-state index contributed by atoms with van der Waals surface area (Å²) >= 11 is 0. The average Bonchev–Trinajstić information content (AvgIpc) is 2.58. The number of rotatable bonds is 7. The van der Waals surface area contributed by atoms with Crippen LogP contribution in [0.25, 0.3) is 0 Å². The molecule has 0 aliphatic carbocycles. The van der Waals surface area contributed by atoms with Crippen LogP contribution >= 0.6 is 0 Å². The molecule has 0 aliphatic rings. The summed E-state index contributed by atoms with van der Waals surface area (Å²) in [4.78, 5) is 25.6. The Bertz CT molecular complexity index is 789. The van der Waals surface area contributed by atoms with Crippen molar-refractivity contribution in [1.29, 1.82) is 0 Å². The summed E-state index contributed by atoms with van der Waals surface area (Å²) in [5.41, 5.74) is 3.48. The third-order valence-corrected chi connectivity index (χ3v) is 4.32. The smallest absolute Gasteiger partial charge is 0.226 e. The lowest BCUT2D eigenvalue weighted by molar-refractivity contribution is -0.129. The largest absolute Gasteiger partial charge is 0.342 e. The van der Waals surface area contributed by atoms with E-state index in [1.165, 1.54) is 13.0 Å². The Kier molecular flexibility index (Phi) is 6.89. The Morgan fingerprint density at radius 2 is 1.81 bits per heavy atom. The first-order valence-electron chi connectivity index (χ1n) is 8.73. The lowest BCUT2D eigenvalue weighted by Gasteiger charge is -2.21. The number of amides is 2. The summed E-state index contributed by atoms with van der Waals surface area (Å²) in [6.45, 7) is 6.09. The molecule has 138 valence electrons. The second-order valence-electron chi connectivity index (χ2n) is 6.46. The van der Waals surface area contributed by atoms with Crippen molar-refractivity contribution in [2.75, 3.05) is 18.4 Å². The number of carbonyl (C=O) groups is 2. The molecular weight excluding hydrogens is 331 g/mol. The van der Waals surface area contributed by atoms with E-state index < -0.39 is 0 Å². The van der Waals surface area contributed by atoms with E-state index in [9.17, 15) is 14.0 Å². The highest BCUT2D eigenvalue weighted by atomic mass is 19.1. The zero-order valence-electron chi connectivity index (χ0n) is 15.5. The van der Waals surface area contributed by atoms with Crippen LogP contribution in [0.2, 0.25) is 0 Å². The SMILES string of the molecule is CC(=O)N(CCC(=O)Nc1ccc(C)cc1C)CCc1ccccc1F. The van der Waals surface area contributed by atoms with Crippen LogP contribution in [-0.2, 0) is 16.0 Å². The molecule has 0 aliphatic heterocycles. The Hall–Kier alpha value is -2.69. The molecule has 0 fully saturated rings. The van der Waals surface area contributed by atoms with E-state index in [-0.39, 0.29) is 24.1 Å². The highest BCUT2D eigenvalue weighted by molar-refractivity contribution is 5.91. The van der Waals surface area contributed by atoms with Gasteiger partial charge in [0.2, 0.25) is 11.8 Å². The molecule has 26 heavy (non-hydrogen) atoms. The third kappa shape index (κ3) is 5.69. The quantitative estimate of drug-likeness (QED) is 0.819. The van der Waals surface area contributed by atoms with Gasteiger partial charge in [0.25, 0.3) is 0 Å². The van der Waals surface area contributed by atoms with Gasteiger partial charge in [-0.1, -0.05) is 35.9 Å². The van der Waals surface area contributed by atoms with Crippen molar-refractivity contribution in [1.82, 2.24) is 4.90 Å². The number of halogens is 1. The molecular formula is C21H25FN2O2. The molecule has 0 bridgehead atoms. The standard InChI is InChI=1S/C21H25FN2O2/c1-15-8-9-20(16(2)14-15)23-21(26)11-13-24(17(3)25)12-10-18-6-4-5-7-19(18)22/h4-9,14H,10-13H2,1-3H3,(H,23,26). The molecule has 0 aromatic heterocycles. The lowest BCUT2D eigenvalue weighted by Crippen LogP contribution is -2.34. The van der Waals surface area contributed by atoms with E-state index in [1.807, 2.05) is 32.0 Å². The van der Waals surface area contributed by atoms with Crippen molar-refractivity contribution in [2.24, 2.45) is 0 Å². The van der Waals surface area contributed by atoms with Gasteiger partial charge >= 0.3 is 0 Å². The van der Waals surface area contributed by atoms with E-state index >= 15 is 0 Å². The number of anilines is 1. The molecule has 0 saturated heterocycles. The Morgan fingerprint density at radius 1 is 1.08 bits per heavy atom. The number of aryl methyl sites for hydroxylation is 2. The van der Waals surface area contributed by atoms with Crippen LogP contribution in [0, 0.1) is 19.7 Å². The number of benzene rings is 2. The summed E-state index contributed by atoms with van der Waals surface area (Å²) in [5, 5.41) is 2.88. The first kappa shape index (κ1) is 19.6. The molecule has 0 heterocycles. The van der Waals surface area contributed by atoms with E-state index in [4.69, 9.17) is 0 Å². The van der Waals surface area contributed by atoms with Crippen molar-refractivity contribution in [3.63, 3.8) is 0 Å². The van der Waals surface area contributed by atoms with Gasteiger partial charge in [0, 0.05) is 32.1 Å². The van der Waals surface area contributed by atoms with Crippen molar-refractivity contribution >= 4 is 17.5 Å². The van der Waals surface area contributed by atoms with Crippen LogP contribution in [0.3, 0.4) is 0 Å². The molecule has 0 radical (unpaired) electrons. The minimum atomic E-state index is -0.274. The Morgan fingerprint density at radius 3 is 2.46 bits per heavy atom. The molecule has 2 rings (SSSR count). The highest BCUT2D eigenvalue weighted by Gasteiger charge is 2.13. The monoisotopic (exact) mass is 356 g/mol. The zero-order chi connectivity index (χ0) is 19.1. The number of hydrogen-bond donors (Lipinski definition) is 1. The van der Waals surface area contributed by atoms with E-state index in [0.29, 0.717) is 25.1 Å². The molecule has 2 aromatic carbocycles. The van der Waals surface area contributed by atoms with Gasteiger partial charge in [0.1, 0.15) is 5.82 Å². The molecule has 2 aromatic rings. The van der Waals surface area contributed by atoms with Crippen LogP contribution in [0.1, 0.15) is 30.0 Å². The average molecular weight is 356 g/mol. The van der Waals surface area contributed by atoms with Crippen LogP contribution in [0.4, 0.5) is 10.1 Å². The summed E-state index contributed by atoms with van der Waals surface area (Å²) in [6.07, 6.45) is 0.620. The van der Waals surface area contributed by atoms with Crippen LogP contribution in [-0.4, -0.2) is 29.8 Å². The number of nitrogens with zero attached hydrogens (tertiary/aromatic N) is 1. The maximum Gasteiger partial charge on any atom is 0.226 e. The minimum Gasteiger partial charge on any atom is -0.342 e. The summed E-state index contributed by atoms with van der Waals surface area (Å²) in [6, 6.07) is 12.4. The van der Waals surface area contributed by atoms with Gasteiger partial charge in [-0.2, -0.15) is 0 Å². The second kappa shape index (κ2) is 9.13. The second-order valence-corrected chi connectivity index (χ2v) is 6.46. The summed E-state index contributed by atoms with van der Waals surface area (Å²) in [7, 11) is 0. The van der Waals surface area contributed by atoms with Gasteiger partial charge in [-0.25, -0.2) is 4.39 Å². The molecule has 5 heteroatoms. The first-order valence-corrected chi connectivity index (χ1v) is 8.73. The fourth-order valence-electron chi connectivity index (χ4n) is 2.79. The van der Waals surface area contributed by atoms with E-state index in [1.54, 1.807) is 23.1 Å². The predicted octanol–water partition coefficient (Wildman–Crippen LogP) is 3.86. The predicted molar refractivity (Wildman–Crippen MR) is 102 cm³/mol. The van der Waals surface area contributed by atoms with Crippen LogP contribution in [0.15, 0.2) is 42.5 Å². The molecule has 2 amide bonds. The van der Waals surface area contributed by atoms with Crippen LogP contribution in [0.5, 0.6) is 0 Å². The van der Waals surface area contributed by atoms with Gasteiger partial charge in [0.15, 0.2) is 0 Å². The summed E-state index contributed by atoms with van der Waals surface area (Å²) < 4.78 is 13.7. The van der Waals surface area contributed by atoms with Crippen LogP contribution < -0.4 is 5.32 Å². The maximum absolute atomic E-state index is 13.7. The lowest BCUT2D eigenvalue weighted by atomic mass is 10.1. The van der Waals surface area contributed by atoms with Crippen molar-refractivity contribution in [3.05, 3.63) is 65.0 Å². The zero-order valence-corrected chi connectivity index (χ0v) is 15.5. The van der Waals surface area contributed by atoms with E-state index in [2.05, 4.69) is 5.32 Å². The number of nitrogens with one attached hydrogen (secondary N) is 1. The molecule has 0 unspecified atom stereocenters. The minimum absolute atomic E-state index is 0.124. The van der Waals surface area contributed by atoms with Gasteiger partial charge in [-0.05, 0) is 43.5 Å². The van der Waals surface area contributed by atoms with Gasteiger partial charge in [-0.3, -0.25) is 9.59 Å². The highest BCUT2D eigenvalue weighted by Crippen LogP contribution is 2.16. The molecule has 1 N–H and O–H groups in total. The molecule has 4 nitrogen and oxygen atoms in total. The molecule has 0 saturated carbocycles. The normalized spacial score (nSPS) is 10.5. The third-order valence-electron chi connectivity index (χ3n) is 4.32. The summed E-state index contributed by atoms with van der Waals surface area (Å²) in [5.74, 6) is -0.543. The fraction of sp³-hybridized carbons (Fsp3) is 0.333. The molecule has 0 spiro atoms. The Labute approximate surface area is 154 Å². The number of carbonyl (C=O) groups excluding carboxylic acids is 2.